The van der Waals surface area contributed by atoms with E-state index in [0.717, 1.165) is 53.5 Å². The van der Waals surface area contributed by atoms with Crippen LogP contribution in [0.4, 0.5) is 0 Å². The number of Topliss-reactive ketones (excluding diaryl/α,β-unsaturated/α-hetero) is 1. The van der Waals surface area contributed by atoms with E-state index in [9.17, 15) is 14.4 Å². The number of para-hydroxylation sites is 1. The minimum absolute atomic E-state index is 0.170. The number of fused-ring (bicyclic) bond motifs is 1. The van der Waals surface area contributed by atoms with E-state index in [1.165, 1.54) is 0 Å². The molecule has 0 radical (unpaired) electrons. The number of hydrogen-bond donors (Lipinski definition) is 3. The lowest BCUT2D eigenvalue weighted by molar-refractivity contribution is -0.141. The molecule has 2 heterocycles. The van der Waals surface area contributed by atoms with E-state index in [0.29, 0.717) is 39.0 Å². The summed E-state index contributed by atoms with van der Waals surface area (Å²) in [6.45, 7) is 3.81. The topological polar surface area (TPSA) is 104 Å². The van der Waals surface area contributed by atoms with Crippen LogP contribution in [-0.2, 0) is 25.5 Å². The molecule has 1 aliphatic rings. The van der Waals surface area contributed by atoms with Crippen LogP contribution in [0.15, 0.2) is 54.6 Å². The maximum Gasteiger partial charge on any atom is 0.251 e. The normalized spacial score (nSPS) is 16.6. The summed E-state index contributed by atoms with van der Waals surface area (Å²) in [6.07, 6.45) is 3.49. The molecule has 0 spiro atoms. The maximum atomic E-state index is 13.3. The average Bonchev–Trinajstić information content (AvgIpc) is 3.31. The Balaban J connectivity index is 1.41. The Labute approximate surface area is 230 Å². The lowest BCUT2D eigenvalue weighted by atomic mass is 10.0. The lowest BCUT2D eigenvalue weighted by Crippen LogP contribution is -2.54. The number of ketones is 1. The Bertz CT molecular complexity index is 1260. The first-order valence-corrected chi connectivity index (χ1v) is 13.9. The zero-order valence-electron chi connectivity index (χ0n) is 23.0. The van der Waals surface area contributed by atoms with Crippen LogP contribution >= 0.6 is 0 Å². The summed E-state index contributed by atoms with van der Waals surface area (Å²) in [7, 11) is 1.95. The number of H-pyrrole nitrogens is 1. The summed E-state index contributed by atoms with van der Waals surface area (Å²) in [5.74, 6) is -0.281. The highest BCUT2D eigenvalue weighted by atomic mass is 16.5. The average molecular weight is 533 g/mol. The van der Waals surface area contributed by atoms with Crippen molar-refractivity contribution in [1.29, 1.82) is 0 Å². The molecule has 0 aliphatic carbocycles. The first-order valence-electron chi connectivity index (χ1n) is 13.9. The lowest BCUT2D eigenvalue weighted by Gasteiger charge is -2.30. The monoisotopic (exact) mass is 532 g/mol. The smallest absolute Gasteiger partial charge is 0.251 e. The molecule has 3 aromatic rings. The number of morpholine rings is 1. The molecule has 8 nitrogen and oxygen atoms in total. The van der Waals surface area contributed by atoms with Crippen molar-refractivity contribution in [3.05, 3.63) is 60.2 Å². The van der Waals surface area contributed by atoms with Gasteiger partial charge in [0, 0.05) is 42.7 Å². The number of aromatic amines is 1. The third kappa shape index (κ3) is 8.00. The van der Waals surface area contributed by atoms with Crippen molar-refractivity contribution in [2.45, 2.75) is 57.6 Å². The second-order valence-electron chi connectivity index (χ2n) is 10.4. The highest BCUT2D eigenvalue weighted by molar-refractivity contribution is 5.91. The maximum absolute atomic E-state index is 13.3. The van der Waals surface area contributed by atoms with Crippen LogP contribution < -0.4 is 10.6 Å². The van der Waals surface area contributed by atoms with Crippen LogP contribution in [-0.4, -0.2) is 72.9 Å². The van der Waals surface area contributed by atoms with Gasteiger partial charge in [-0.05, 0) is 50.4 Å². The number of unbranched alkanes of at least 4 members (excludes halogenated alkanes) is 2. The van der Waals surface area contributed by atoms with Gasteiger partial charge >= 0.3 is 0 Å². The Morgan fingerprint density at radius 1 is 1.05 bits per heavy atom. The molecule has 208 valence electrons. The van der Waals surface area contributed by atoms with Gasteiger partial charge in [0.1, 0.15) is 17.9 Å². The predicted molar refractivity (Wildman–Crippen MR) is 153 cm³/mol. The summed E-state index contributed by atoms with van der Waals surface area (Å²) in [5.41, 5.74) is 4.37. The van der Waals surface area contributed by atoms with Crippen LogP contribution in [0, 0.1) is 0 Å². The summed E-state index contributed by atoms with van der Waals surface area (Å²) in [5, 5.41) is 7.15. The van der Waals surface area contributed by atoms with Crippen molar-refractivity contribution in [3.8, 4) is 11.3 Å². The minimum atomic E-state index is -0.651. The van der Waals surface area contributed by atoms with Gasteiger partial charge in [-0.15, -0.1) is 0 Å². The van der Waals surface area contributed by atoms with E-state index in [4.69, 9.17) is 4.74 Å². The van der Waals surface area contributed by atoms with Gasteiger partial charge in [-0.3, -0.25) is 9.59 Å². The fourth-order valence-electron chi connectivity index (χ4n) is 5.11. The molecule has 1 saturated heterocycles. The summed E-state index contributed by atoms with van der Waals surface area (Å²) >= 11 is 0. The first kappa shape index (κ1) is 28.5. The van der Waals surface area contributed by atoms with Crippen LogP contribution in [0.2, 0.25) is 0 Å². The molecule has 1 aliphatic heterocycles. The molecule has 0 bridgehead atoms. The number of benzene rings is 2. The van der Waals surface area contributed by atoms with Crippen molar-refractivity contribution in [2.24, 2.45) is 0 Å². The molecule has 2 atom stereocenters. The molecule has 1 unspecified atom stereocenters. The van der Waals surface area contributed by atoms with Crippen LogP contribution in [0.25, 0.3) is 22.2 Å². The number of hydrogen-bond acceptors (Lipinski definition) is 5. The van der Waals surface area contributed by atoms with E-state index in [1.807, 2.05) is 37.4 Å². The van der Waals surface area contributed by atoms with Crippen LogP contribution in [0.1, 0.15) is 44.6 Å². The standard InChI is InChI=1S/C31H40N4O4/c1-22(36)11-5-3-8-16-27(34-31(38)28-21-35(2)19-20-39-28)30(37)32-18-17-25-24-14-9-10-15-26(24)33-29(25)23-12-6-4-7-13-23/h4,6-7,9-10,12-15,27-28,33H,3,5,8,11,16-21H2,1-2H3,(H,32,37)(H,34,38)/t27-,28?/m0/s1. The van der Waals surface area contributed by atoms with Crippen molar-refractivity contribution < 1.29 is 19.1 Å². The van der Waals surface area contributed by atoms with Crippen molar-refractivity contribution in [3.63, 3.8) is 0 Å². The number of carbonyl (C=O) groups excluding carboxylic acids is 3. The van der Waals surface area contributed by atoms with Gasteiger partial charge in [-0.1, -0.05) is 61.4 Å². The molecule has 1 fully saturated rings. The largest absolute Gasteiger partial charge is 0.366 e. The molecule has 1 aromatic heterocycles. The van der Waals surface area contributed by atoms with Gasteiger partial charge < -0.3 is 30.0 Å². The Hall–Kier alpha value is -3.49. The Morgan fingerprint density at radius 3 is 2.59 bits per heavy atom. The van der Waals surface area contributed by atoms with E-state index < -0.39 is 12.1 Å². The van der Waals surface area contributed by atoms with E-state index in [2.05, 4.69) is 44.8 Å². The number of ether oxygens (including phenoxy) is 1. The fraction of sp³-hybridized carbons (Fsp3) is 0.452. The molecular formula is C31H40N4O4. The Morgan fingerprint density at radius 2 is 1.82 bits per heavy atom. The summed E-state index contributed by atoms with van der Waals surface area (Å²) in [6, 6.07) is 17.7. The third-order valence-corrected chi connectivity index (χ3v) is 7.27. The van der Waals surface area contributed by atoms with Gasteiger partial charge in [0.25, 0.3) is 5.91 Å². The van der Waals surface area contributed by atoms with Crippen LogP contribution in [0.3, 0.4) is 0 Å². The predicted octanol–water partition coefficient (Wildman–Crippen LogP) is 3.85. The first-order chi connectivity index (χ1) is 18.9. The van der Waals surface area contributed by atoms with Crippen molar-refractivity contribution in [1.82, 2.24) is 20.5 Å². The SMILES string of the molecule is CC(=O)CCCCC[C@H](NC(=O)C1CN(C)CCO1)C(=O)NCCc1c(-c2ccccc2)[nH]c2ccccc12. The number of amides is 2. The molecule has 2 amide bonds. The molecule has 8 heteroatoms. The van der Waals surface area contributed by atoms with E-state index in [-0.39, 0.29) is 17.6 Å². The highest BCUT2D eigenvalue weighted by Crippen LogP contribution is 2.30. The van der Waals surface area contributed by atoms with Gasteiger partial charge in [0.05, 0.1) is 6.61 Å². The second-order valence-corrected chi connectivity index (χ2v) is 10.4. The molecule has 39 heavy (non-hydrogen) atoms. The number of aromatic nitrogens is 1. The molecule has 3 N–H and O–H groups in total. The number of nitrogens with zero attached hydrogens (tertiary/aromatic N) is 1. The van der Waals surface area contributed by atoms with Crippen LogP contribution in [0.5, 0.6) is 0 Å². The van der Waals surface area contributed by atoms with Gasteiger partial charge in [0.15, 0.2) is 0 Å². The van der Waals surface area contributed by atoms with E-state index >= 15 is 0 Å². The van der Waals surface area contributed by atoms with Crippen molar-refractivity contribution >= 4 is 28.5 Å². The third-order valence-electron chi connectivity index (χ3n) is 7.27. The second kappa shape index (κ2) is 14.1. The van der Waals surface area contributed by atoms with Gasteiger partial charge in [0.2, 0.25) is 5.91 Å². The summed E-state index contributed by atoms with van der Waals surface area (Å²) < 4.78 is 5.66. The minimum Gasteiger partial charge on any atom is -0.366 e. The molecule has 4 rings (SSSR count). The van der Waals surface area contributed by atoms with Gasteiger partial charge in [-0.2, -0.15) is 0 Å². The zero-order valence-corrected chi connectivity index (χ0v) is 23.0. The molecular weight excluding hydrogens is 492 g/mol. The highest BCUT2D eigenvalue weighted by Gasteiger charge is 2.29. The number of nitrogens with one attached hydrogen (secondary N) is 3. The number of likely N-dealkylation sites (N-methyl/N-ethyl adjacent to an activating group) is 1. The molecule has 2 aromatic carbocycles. The number of carbonyl (C=O) groups is 3. The number of rotatable bonds is 13. The molecule has 0 saturated carbocycles. The van der Waals surface area contributed by atoms with Crippen molar-refractivity contribution in [2.75, 3.05) is 33.3 Å². The quantitative estimate of drug-likeness (QED) is 0.290. The Kier molecular flexibility index (Phi) is 10.3. The van der Waals surface area contributed by atoms with E-state index in [1.54, 1.807) is 6.92 Å². The summed E-state index contributed by atoms with van der Waals surface area (Å²) in [4.78, 5) is 43.1. The zero-order chi connectivity index (χ0) is 27.6. The fourth-order valence-corrected chi connectivity index (χ4v) is 5.11. The van der Waals surface area contributed by atoms with Gasteiger partial charge in [-0.25, -0.2) is 0 Å².